The molecule has 3 rings (SSSR count). The minimum Gasteiger partial charge on any atom is -0.332 e. The Morgan fingerprint density at radius 1 is 1.08 bits per heavy atom. The Kier molecular flexibility index (Phi) is 5.36. The third-order valence-electron chi connectivity index (χ3n) is 3.90. The molecule has 1 aromatic heterocycles. The zero-order chi connectivity index (χ0) is 17.8. The second-order valence-corrected chi connectivity index (χ2v) is 6.70. The number of halogens is 1. The first kappa shape index (κ1) is 17.5. The molecule has 2 aromatic carbocycles. The monoisotopic (exact) mass is 370 g/mol. The van der Waals surface area contributed by atoms with Crippen molar-refractivity contribution >= 4 is 40.4 Å². The maximum Gasteiger partial charge on any atom is 0.176 e. The van der Waals surface area contributed by atoms with E-state index in [9.17, 15) is 0 Å². The number of aryl methyl sites for hydroxylation is 2. The summed E-state index contributed by atoms with van der Waals surface area (Å²) in [5, 5.41) is 11.7. The number of hydrogen-bond acceptors (Lipinski definition) is 2. The lowest BCUT2D eigenvalue weighted by atomic mass is 10.1. The summed E-state index contributed by atoms with van der Waals surface area (Å²) in [5.74, 6) is 0.541. The fourth-order valence-corrected chi connectivity index (χ4v) is 2.83. The highest BCUT2D eigenvalue weighted by Crippen LogP contribution is 2.21. The predicted molar refractivity (Wildman–Crippen MR) is 109 cm³/mol. The first-order valence-corrected chi connectivity index (χ1v) is 8.72. The number of aromatic nitrogens is 2. The summed E-state index contributed by atoms with van der Waals surface area (Å²) < 4.78 is 1.79. The van der Waals surface area contributed by atoms with Crippen LogP contribution in [-0.4, -0.2) is 14.9 Å². The van der Waals surface area contributed by atoms with Gasteiger partial charge in [-0.3, -0.25) is 4.68 Å². The van der Waals surface area contributed by atoms with Gasteiger partial charge in [0, 0.05) is 11.9 Å². The van der Waals surface area contributed by atoms with Crippen molar-refractivity contribution < 1.29 is 0 Å². The summed E-state index contributed by atoms with van der Waals surface area (Å²) in [4.78, 5) is 0. The van der Waals surface area contributed by atoms with Gasteiger partial charge in [-0.1, -0.05) is 48.0 Å². The molecule has 0 saturated carbocycles. The summed E-state index contributed by atoms with van der Waals surface area (Å²) in [7, 11) is 0. The van der Waals surface area contributed by atoms with Gasteiger partial charge in [0.05, 0.1) is 6.54 Å². The van der Waals surface area contributed by atoms with Crippen LogP contribution in [-0.2, 0) is 6.54 Å². The number of benzene rings is 2. The summed E-state index contributed by atoms with van der Waals surface area (Å²) in [5.41, 5.74) is 4.54. The summed E-state index contributed by atoms with van der Waals surface area (Å²) in [6.07, 6.45) is 1.79. The fraction of sp³-hybridized carbons (Fsp3) is 0.158. The standard InChI is InChI=1S/C19H19ClN4S/c1-13-8-9-16(10-14(13)2)21-19(25)22-18-17(20)12-24(23-18)11-15-6-4-3-5-7-15/h3-10,12H,11H2,1-2H3,(H2,21,22,23,25). The first-order chi connectivity index (χ1) is 12.0. The molecular formula is C19H19ClN4S. The minimum atomic E-state index is 0.454. The van der Waals surface area contributed by atoms with Crippen molar-refractivity contribution in [2.24, 2.45) is 0 Å². The number of anilines is 2. The Labute approximate surface area is 157 Å². The Bertz CT molecular complexity index is 890. The summed E-state index contributed by atoms with van der Waals surface area (Å²) in [6, 6.07) is 16.2. The van der Waals surface area contributed by atoms with Gasteiger partial charge >= 0.3 is 0 Å². The van der Waals surface area contributed by atoms with E-state index in [-0.39, 0.29) is 0 Å². The molecule has 2 N–H and O–H groups in total. The summed E-state index contributed by atoms with van der Waals surface area (Å²) in [6.45, 7) is 4.80. The van der Waals surface area contributed by atoms with Gasteiger partial charge in [0.1, 0.15) is 5.02 Å². The van der Waals surface area contributed by atoms with Crippen LogP contribution in [0.3, 0.4) is 0 Å². The van der Waals surface area contributed by atoms with Crippen LogP contribution in [0.15, 0.2) is 54.7 Å². The molecule has 3 aromatic rings. The molecule has 128 valence electrons. The van der Waals surface area contributed by atoms with E-state index in [1.54, 1.807) is 10.9 Å². The zero-order valence-electron chi connectivity index (χ0n) is 14.1. The SMILES string of the molecule is Cc1ccc(NC(=S)Nc2nn(Cc3ccccc3)cc2Cl)cc1C. The van der Waals surface area contributed by atoms with Crippen LogP contribution < -0.4 is 10.6 Å². The molecule has 4 nitrogen and oxygen atoms in total. The molecule has 0 atom stereocenters. The third-order valence-corrected chi connectivity index (χ3v) is 4.38. The zero-order valence-corrected chi connectivity index (χ0v) is 15.7. The lowest BCUT2D eigenvalue weighted by molar-refractivity contribution is 0.690. The predicted octanol–water partition coefficient (Wildman–Crippen LogP) is 5.01. The maximum absolute atomic E-state index is 6.27. The quantitative estimate of drug-likeness (QED) is 0.633. The fourth-order valence-electron chi connectivity index (χ4n) is 2.42. The third kappa shape index (κ3) is 4.59. The van der Waals surface area contributed by atoms with E-state index in [0.29, 0.717) is 22.5 Å². The minimum absolute atomic E-state index is 0.454. The Balaban J connectivity index is 1.66. The van der Waals surface area contributed by atoms with E-state index in [0.717, 1.165) is 11.3 Å². The van der Waals surface area contributed by atoms with Crippen LogP contribution in [0.5, 0.6) is 0 Å². The van der Waals surface area contributed by atoms with Crippen molar-refractivity contribution in [3.05, 3.63) is 76.4 Å². The van der Waals surface area contributed by atoms with Gasteiger partial charge in [0.15, 0.2) is 10.9 Å². The molecule has 0 unspecified atom stereocenters. The average Bonchev–Trinajstić information content (AvgIpc) is 2.91. The molecule has 25 heavy (non-hydrogen) atoms. The second-order valence-electron chi connectivity index (χ2n) is 5.89. The van der Waals surface area contributed by atoms with E-state index >= 15 is 0 Å². The molecule has 1 heterocycles. The van der Waals surface area contributed by atoms with Crippen LogP contribution in [0.4, 0.5) is 11.5 Å². The van der Waals surface area contributed by atoms with Crippen LogP contribution in [0.25, 0.3) is 0 Å². The smallest absolute Gasteiger partial charge is 0.176 e. The molecule has 0 aliphatic carbocycles. The van der Waals surface area contributed by atoms with E-state index in [2.05, 4.69) is 53.8 Å². The Morgan fingerprint density at radius 2 is 1.84 bits per heavy atom. The summed E-state index contributed by atoms with van der Waals surface area (Å²) >= 11 is 11.6. The van der Waals surface area contributed by atoms with Crippen molar-refractivity contribution in [2.45, 2.75) is 20.4 Å². The maximum atomic E-state index is 6.27. The molecule has 0 amide bonds. The van der Waals surface area contributed by atoms with Crippen molar-refractivity contribution in [2.75, 3.05) is 10.6 Å². The lowest BCUT2D eigenvalue weighted by Gasteiger charge is -2.10. The topological polar surface area (TPSA) is 41.9 Å². The highest BCUT2D eigenvalue weighted by molar-refractivity contribution is 7.80. The van der Waals surface area contributed by atoms with Crippen molar-refractivity contribution in [1.29, 1.82) is 0 Å². The average molecular weight is 371 g/mol. The highest BCUT2D eigenvalue weighted by Gasteiger charge is 2.09. The van der Waals surface area contributed by atoms with E-state index < -0.39 is 0 Å². The van der Waals surface area contributed by atoms with Gasteiger partial charge in [-0.2, -0.15) is 5.10 Å². The molecule has 0 bridgehead atoms. The molecular weight excluding hydrogens is 352 g/mol. The second kappa shape index (κ2) is 7.68. The van der Waals surface area contributed by atoms with Gasteiger partial charge in [-0.05, 0) is 54.9 Å². The molecule has 0 spiro atoms. The van der Waals surface area contributed by atoms with Crippen molar-refractivity contribution in [3.63, 3.8) is 0 Å². The highest BCUT2D eigenvalue weighted by atomic mass is 35.5. The Hall–Kier alpha value is -2.37. The van der Waals surface area contributed by atoms with Crippen molar-refractivity contribution in [1.82, 2.24) is 9.78 Å². The largest absolute Gasteiger partial charge is 0.332 e. The number of nitrogens with zero attached hydrogens (tertiary/aromatic N) is 2. The normalized spacial score (nSPS) is 10.5. The molecule has 6 heteroatoms. The molecule has 0 fully saturated rings. The van der Waals surface area contributed by atoms with Crippen LogP contribution in [0, 0.1) is 13.8 Å². The lowest BCUT2D eigenvalue weighted by Crippen LogP contribution is -2.19. The van der Waals surface area contributed by atoms with Gasteiger partial charge < -0.3 is 10.6 Å². The van der Waals surface area contributed by atoms with Crippen LogP contribution in [0.2, 0.25) is 5.02 Å². The number of nitrogens with one attached hydrogen (secondary N) is 2. The number of rotatable bonds is 4. The van der Waals surface area contributed by atoms with Crippen LogP contribution in [0.1, 0.15) is 16.7 Å². The van der Waals surface area contributed by atoms with E-state index in [4.69, 9.17) is 23.8 Å². The first-order valence-electron chi connectivity index (χ1n) is 7.93. The van der Waals surface area contributed by atoms with Gasteiger partial charge in [-0.15, -0.1) is 0 Å². The van der Waals surface area contributed by atoms with Gasteiger partial charge in [0.2, 0.25) is 0 Å². The number of hydrogen-bond donors (Lipinski definition) is 2. The molecule has 0 aliphatic rings. The van der Waals surface area contributed by atoms with Crippen molar-refractivity contribution in [3.8, 4) is 0 Å². The van der Waals surface area contributed by atoms with E-state index in [1.165, 1.54) is 11.1 Å². The van der Waals surface area contributed by atoms with E-state index in [1.807, 2.05) is 24.3 Å². The van der Waals surface area contributed by atoms with Crippen LogP contribution >= 0.6 is 23.8 Å². The Morgan fingerprint density at radius 3 is 2.56 bits per heavy atom. The molecule has 0 radical (unpaired) electrons. The molecule has 0 saturated heterocycles. The molecule has 0 aliphatic heterocycles. The van der Waals surface area contributed by atoms with Gasteiger partial charge in [0.25, 0.3) is 0 Å². The number of thiocarbonyl (C=S) groups is 1. The van der Waals surface area contributed by atoms with Gasteiger partial charge in [-0.25, -0.2) is 0 Å².